The molecule has 1 aromatic heterocycles. The Morgan fingerprint density at radius 2 is 1.65 bits per heavy atom. The van der Waals surface area contributed by atoms with Gasteiger partial charge in [0.1, 0.15) is 0 Å². The molecule has 23 heavy (non-hydrogen) atoms. The fraction of sp³-hybridized carbons (Fsp3) is 0.0625. The number of nitrogens with zero attached hydrogens (tertiary/aromatic N) is 1. The topological polar surface area (TPSA) is 56.1 Å². The summed E-state index contributed by atoms with van der Waals surface area (Å²) in [6, 6.07) is 10.0. The molecule has 3 rings (SSSR count). The van der Waals surface area contributed by atoms with Crippen LogP contribution < -0.4 is 0 Å². The zero-order valence-electron chi connectivity index (χ0n) is 12.0. The monoisotopic (exact) mass is 455 g/mol. The molecule has 0 aliphatic rings. The Morgan fingerprint density at radius 1 is 1.04 bits per heavy atom. The van der Waals surface area contributed by atoms with E-state index in [0.29, 0.717) is 27.2 Å². The molecule has 0 fully saturated rings. The molecular formula is C16H11Br2NO3S. The third-order valence-electron chi connectivity index (χ3n) is 3.55. The van der Waals surface area contributed by atoms with Crippen molar-refractivity contribution in [3.8, 4) is 0 Å². The van der Waals surface area contributed by atoms with Gasteiger partial charge in [0.2, 0.25) is 0 Å². The number of carbonyl (C=O) groups is 1. The van der Waals surface area contributed by atoms with Crippen LogP contribution >= 0.6 is 31.9 Å². The van der Waals surface area contributed by atoms with Crippen LogP contribution in [0.4, 0.5) is 0 Å². The van der Waals surface area contributed by atoms with Crippen LogP contribution in [0.3, 0.4) is 0 Å². The fourth-order valence-electron chi connectivity index (χ4n) is 2.33. The number of carbonyl (C=O) groups excluding carboxylic acids is 1. The van der Waals surface area contributed by atoms with Crippen LogP contribution in [0.1, 0.15) is 15.9 Å². The highest BCUT2D eigenvalue weighted by Gasteiger charge is 2.22. The lowest BCUT2D eigenvalue weighted by molar-refractivity contribution is 0.112. The van der Waals surface area contributed by atoms with Gasteiger partial charge in [-0.1, -0.05) is 17.7 Å². The summed E-state index contributed by atoms with van der Waals surface area (Å²) in [4.78, 5) is 11.5. The summed E-state index contributed by atoms with van der Waals surface area (Å²) in [5, 5.41) is 0.575. The minimum atomic E-state index is -3.78. The van der Waals surface area contributed by atoms with Crippen molar-refractivity contribution in [1.29, 1.82) is 0 Å². The number of hydrogen-bond donors (Lipinski definition) is 0. The SMILES string of the molecule is Cc1ccc(S(=O)(=O)n2cc(C=O)c3cc(Br)c(Br)cc32)cc1. The Morgan fingerprint density at radius 3 is 2.26 bits per heavy atom. The molecule has 4 nitrogen and oxygen atoms in total. The van der Waals surface area contributed by atoms with Gasteiger partial charge in [-0.25, -0.2) is 12.4 Å². The van der Waals surface area contributed by atoms with Crippen LogP contribution in [0.15, 0.2) is 56.4 Å². The molecule has 0 saturated heterocycles. The molecule has 0 radical (unpaired) electrons. The minimum absolute atomic E-state index is 0.177. The van der Waals surface area contributed by atoms with Gasteiger partial charge in [0, 0.05) is 26.1 Å². The Balaban J connectivity index is 2.33. The van der Waals surface area contributed by atoms with Gasteiger partial charge in [0.15, 0.2) is 6.29 Å². The van der Waals surface area contributed by atoms with Crippen molar-refractivity contribution >= 4 is 59.1 Å². The largest absolute Gasteiger partial charge is 0.298 e. The second-order valence-corrected chi connectivity index (χ2v) is 8.62. The van der Waals surface area contributed by atoms with Crippen molar-refractivity contribution in [3.63, 3.8) is 0 Å². The van der Waals surface area contributed by atoms with Crippen molar-refractivity contribution in [1.82, 2.24) is 3.97 Å². The quantitative estimate of drug-likeness (QED) is 0.544. The van der Waals surface area contributed by atoms with Crippen LogP contribution in [0.25, 0.3) is 10.9 Å². The zero-order chi connectivity index (χ0) is 16.8. The molecule has 1 heterocycles. The van der Waals surface area contributed by atoms with E-state index in [1.54, 1.807) is 36.4 Å². The van der Waals surface area contributed by atoms with Crippen LogP contribution in [-0.4, -0.2) is 18.7 Å². The third kappa shape index (κ3) is 2.77. The summed E-state index contributed by atoms with van der Waals surface area (Å²) in [5.41, 5.74) is 1.74. The van der Waals surface area contributed by atoms with Crippen LogP contribution in [-0.2, 0) is 10.0 Å². The van der Waals surface area contributed by atoms with E-state index in [0.717, 1.165) is 14.0 Å². The first-order chi connectivity index (χ1) is 10.8. The standard InChI is InChI=1S/C16H11Br2NO3S/c1-10-2-4-12(5-3-10)23(21,22)19-8-11(9-20)13-6-14(17)15(18)7-16(13)19/h2-9H,1H3. The predicted octanol–water partition coefficient (Wildman–Crippen LogP) is 4.52. The maximum absolute atomic E-state index is 12.9. The number of halogens is 2. The summed E-state index contributed by atoms with van der Waals surface area (Å²) in [6.07, 6.45) is 2.01. The van der Waals surface area contributed by atoms with Crippen molar-refractivity contribution < 1.29 is 13.2 Å². The minimum Gasteiger partial charge on any atom is -0.298 e. The zero-order valence-corrected chi connectivity index (χ0v) is 15.9. The van der Waals surface area contributed by atoms with Crippen molar-refractivity contribution in [2.45, 2.75) is 11.8 Å². The molecule has 0 atom stereocenters. The molecule has 0 aliphatic carbocycles. The molecule has 0 amide bonds. The van der Waals surface area contributed by atoms with Gasteiger partial charge in [0.25, 0.3) is 10.0 Å². The van der Waals surface area contributed by atoms with Crippen molar-refractivity contribution in [2.24, 2.45) is 0 Å². The molecule has 2 aromatic carbocycles. The van der Waals surface area contributed by atoms with Crippen molar-refractivity contribution in [2.75, 3.05) is 0 Å². The van der Waals surface area contributed by atoms with Gasteiger partial charge in [-0.05, 0) is 63.0 Å². The highest BCUT2D eigenvalue weighted by Crippen LogP contribution is 2.33. The summed E-state index contributed by atoms with van der Waals surface area (Å²) in [5.74, 6) is 0. The molecule has 0 saturated carbocycles. The average molecular weight is 457 g/mol. The first-order valence-corrected chi connectivity index (χ1v) is 9.64. The normalized spacial score (nSPS) is 11.8. The van der Waals surface area contributed by atoms with Crippen molar-refractivity contribution in [3.05, 3.63) is 62.7 Å². The summed E-state index contributed by atoms with van der Waals surface area (Å²) in [6.45, 7) is 1.89. The van der Waals surface area contributed by atoms with Gasteiger partial charge < -0.3 is 0 Å². The lowest BCUT2D eigenvalue weighted by Crippen LogP contribution is -2.11. The Hall–Kier alpha value is -1.44. The van der Waals surface area contributed by atoms with Gasteiger partial charge in [0.05, 0.1) is 10.4 Å². The lowest BCUT2D eigenvalue weighted by Gasteiger charge is -2.08. The highest BCUT2D eigenvalue weighted by atomic mass is 79.9. The average Bonchev–Trinajstić information content (AvgIpc) is 2.86. The summed E-state index contributed by atoms with van der Waals surface area (Å²) < 4.78 is 28.4. The van der Waals surface area contributed by atoms with Gasteiger partial charge in [-0.3, -0.25) is 4.79 Å². The van der Waals surface area contributed by atoms with Crippen LogP contribution in [0, 0.1) is 6.92 Å². The first-order valence-electron chi connectivity index (χ1n) is 6.62. The number of fused-ring (bicyclic) bond motifs is 1. The summed E-state index contributed by atoms with van der Waals surface area (Å²) >= 11 is 6.74. The van der Waals surface area contributed by atoms with E-state index in [2.05, 4.69) is 31.9 Å². The second kappa shape index (κ2) is 5.89. The first kappa shape index (κ1) is 16.4. The Bertz CT molecular complexity index is 1020. The predicted molar refractivity (Wildman–Crippen MR) is 96.5 cm³/mol. The maximum atomic E-state index is 12.9. The number of aromatic nitrogens is 1. The molecular weight excluding hydrogens is 446 g/mol. The van der Waals surface area contributed by atoms with E-state index in [1.165, 1.54) is 6.20 Å². The molecule has 0 bridgehead atoms. The molecule has 0 N–H and O–H groups in total. The smallest absolute Gasteiger partial charge is 0.268 e. The maximum Gasteiger partial charge on any atom is 0.268 e. The van der Waals surface area contributed by atoms with Gasteiger partial charge >= 0.3 is 0 Å². The number of benzene rings is 2. The van der Waals surface area contributed by atoms with E-state index in [1.807, 2.05) is 6.92 Å². The van der Waals surface area contributed by atoms with E-state index in [-0.39, 0.29) is 4.90 Å². The van der Waals surface area contributed by atoms with Gasteiger partial charge in [-0.2, -0.15) is 0 Å². The highest BCUT2D eigenvalue weighted by molar-refractivity contribution is 9.13. The fourth-order valence-corrected chi connectivity index (χ4v) is 4.38. The van der Waals surface area contributed by atoms with E-state index in [4.69, 9.17) is 0 Å². The Labute approximate surface area is 150 Å². The molecule has 0 unspecified atom stereocenters. The number of aryl methyl sites for hydroxylation is 1. The second-order valence-electron chi connectivity index (χ2n) is 5.10. The third-order valence-corrected chi connectivity index (χ3v) is 7.08. The number of aldehydes is 1. The number of hydrogen-bond acceptors (Lipinski definition) is 3. The molecule has 118 valence electrons. The molecule has 0 aliphatic heterocycles. The van der Waals surface area contributed by atoms with E-state index >= 15 is 0 Å². The number of rotatable bonds is 3. The van der Waals surface area contributed by atoms with Crippen LogP contribution in [0.5, 0.6) is 0 Å². The molecule has 3 aromatic rings. The lowest BCUT2D eigenvalue weighted by atomic mass is 10.2. The molecule has 7 heteroatoms. The Kier molecular flexibility index (Phi) is 4.20. The van der Waals surface area contributed by atoms with E-state index in [9.17, 15) is 13.2 Å². The molecule has 0 spiro atoms. The summed E-state index contributed by atoms with van der Waals surface area (Å²) in [7, 11) is -3.78. The van der Waals surface area contributed by atoms with Crippen LogP contribution in [0.2, 0.25) is 0 Å². The van der Waals surface area contributed by atoms with Gasteiger partial charge in [-0.15, -0.1) is 0 Å². The van der Waals surface area contributed by atoms with E-state index < -0.39 is 10.0 Å².